The van der Waals surface area contributed by atoms with Crippen molar-refractivity contribution in [3.63, 3.8) is 0 Å². The van der Waals surface area contributed by atoms with Crippen molar-refractivity contribution in [2.45, 2.75) is 13.0 Å². The van der Waals surface area contributed by atoms with E-state index in [9.17, 15) is 19.1 Å². The zero-order valence-corrected chi connectivity index (χ0v) is 17.1. The second-order valence-corrected chi connectivity index (χ2v) is 6.75. The molecule has 1 aliphatic rings. The SMILES string of the molecule is CCOc1cc([C@H]2C(C(=O)c3ccc(F)cc3)=C(C(=O)OC)Nc3nnnn32)ccc1O. The third-order valence-corrected chi connectivity index (χ3v) is 4.86. The predicted octanol–water partition coefficient (Wildman–Crippen LogP) is 2.24. The zero-order valence-electron chi connectivity index (χ0n) is 17.1. The lowest BCUT2D eigenvalue weighted by molar-refractivity contribution is -0.136. The Hall–Kier alpha value is -4.28. The molecule has 2 aromatic carbocycles. The van der Waals surface area contributed by atoms with Crippen molar-refractivity contribution in [1.82, 2.24) is 20.2 Å². The minimum Gasteiger partial charge on any atom is -0.504 e. The zero-order chi connectivity index (χ0) is 22.8. The van der Waals surface area contributed by atoms with Gasteiger partial charge in [-0.05, 0) is 59.3 Å². The van der Waals surface area contributed by atoms with Gasteiger partial charge in [0.25, 0.3) is 0 Å². The van der Waals surface area contributed by atoms with Crippen LogP contribution in [0.15, 0.2) is 53.7 Å². The molecule has 3 aromatic rings. The number of benzene rings is 2. The van der Waals surface area contributed by atoms with Crippen molar-refractivity contribution in [3.05, 3.63) is 70.7 Å². The van der Waals surface area contributed by atoms with Crippen LogP contribution >= 0.6 is 0 Å². The fraction of sp³-hybridized carbons (Fsp3) is 0.190. The molecule has 32 heavy (non-hydrogen) atoms. The molecule has 0 aliphatic carbocycles. The molecule has 164 valence electrons. The fourth-order valence-electron chi connectivity index (χ4n) is 3.43. The highest BCUT2D eigenvalue weighted by atomic mass is 19.1. The van der Waals surface area contributed by atoms with E-state index in [0.717, 1.165) is 12.1 Å². The summed E-state index contributed by atoms with van der Waals surface area (Å²) in [6, 6.07) is 8.46. The monoisotopic (exact) mass is 439 g/mol. The maximum absolute atomic E-state index is 13.5. The number of methoxy groups -OCH3 is 1. The molecule has 10 nitrogen and oxygen atoms in total. The van der Waals surface area contributed by atoms with Gasteiger partial charge in [0.1, 0.15) is 17.6 Å². The van der Waals surface area contributed by atoms with Crippen molar-refractivity contribution < 1.29 is 28.6 Å². The number of allylic oxidation sites excluding steroid dienone is 1. The molecular formula is C21H18FN5O5. The number of hydrogen-bond acceptors (Lipinski definition) is 9. The van der Waals surface area contributed by atoms with Crippen molar-refractivity contribution in [3.8, 4) is 11.5 Å². The Morgan fingerprint density at radius 1 is 1.22 bits per heavy atom. The highest BCUT2D eigenvalue weighted by Gasteiger charge is 2.38. The lowest BCUT2D eigenvalue weighted by Crippen LogP contribution is -2.33. The van der Waals surface area contributed by atoms with E-state index in [2.05, 4.69) is 20.8 Å². The summed E-state index contributed by atoms with van der Waals surface area (Å²) in [6.45, 7) is 2.05. The number of anilines is 1. The average Bonchev–Trinajstić information content (AvgIpc) is 3.27. The topological polar surface area (TPSA) is 128 Å². The number of Topliss-reactive ketones (excluding diaryl/α,β-unsaturated/α-hetero) is 1. The van der Waals surface area contributed by atoms with E-state index in [-0.39, 0.29) is 34.3 Å². The number of nitrogens with zero attached hydrogens (tertiary/aromatic N) is 4. The van der Waals surface area contributed by atoms with Gasteiger partial charge in [-0.15, -0.1) is 0 Å². The van der Waals surface area contributed by atoms with E-state index in [1.54, 1.807) is 13.0 Å². The number of carbonyl (C=O) groups excluding carboxylic acids is 2. The first-order valence-corrected chi connectivity index (χ1v) is 9.58. The van der Waals surface area contributed by atoms with E-state index in [4.69, 9.17) is 9.47 Å². The molecule has 0 bridgehead atoms. The summed E-state index contributed by atoms with van der Waals surface area (Å²) in [5.74, 6) is -1.67. The standard InChI is InChI=1S/C21H18FN5O5/c1-3-32-15-10-12(6-9-14(15)28)18-16(19(29)11-4-7-13(22)8-5-11)17(20(30)31-2)23-21-24-25-26-27(18)21/h4-10,18,28H,3H2,1-2H3,(H,23,24,26)/t18-/m0/s1. The van der Waals surface area contributed by atoms with Crippen LogP contribution in [0, 0.1) is 5.82 Å². The van der Waals surface area contributed by atoms with Gasteiger partial charge in [-0.3, -0.25) is 4.79 Å². The molecule has 0 saturated heterocycles. The summed E-state index contributed by atoms with van der Waals surface area (Å²) in [6.07, 6.45) is 0. The molecule has 11 heteroatoms. The normalized spacial score (nSPS) is 15.0. The number of tetrazole rings is 1. The number of ether oxygens (including phenoxy) is 2. The number of phenols is 1. The van der Waals surface area contributed by atoms with Crippen LogP contribution < -0.4 is 10.1 Å². The fourth-order valence-corrected chi connectivity index (χ4v) is 3.43. The van der Waals surface area contributed by atoms with Crippen LogP contribution in [-0.2, 0) is 9.53 Å². The minimum absolute atomic E-state index is 0.0172. The van der Waals surface area contributed by atoms with Gasteiger partial charge >= 0.3 is 5.97 Å². The number of halogens is 1. The Labute approximate surface area is 181 Å². The van der Waals surface area contributed by atoms with E-state index in [0.29, 0.717) is 12.2 Å². The minimum atomic E-state index is -0.965. The lowest BCUT2D eigenvalue weighted by atomic mass is 9.89. The van der Waals surface area contributed by atoms with Gasteiger partial charge in [0.2, 0.25) is 5.95 Å². The molecule has 0 amide bonds. The molecular weight excluding hydrogens is 421 g/mol. The van der Waals surface area contributed by atoms with E-state index in [1.807, 2.05) is 0 Å². The van der Waals surface area contributed by atoms with Gasteiger partial charge in [0.15, 0.2) is 17.3 Å². The molecule has 0 fully saturated rings. The Morgan fingerprint density at radius 3 is 2.66 bits per heavy atom. The van der Waals surface area contributed by atoms with Crippen molar-refractivity contribution in [2.75, 3.05) is 19.0 Å². The molecule has 0 spiro atoms. The van der Waals surface area contributed by atoms with Crippen LogP contribution in [0.2, 0.25) is 0 Å². The largest absolute Gasteiger partial charge is 0.504 e. The Kier molecular flexibility index (Phi) is 5.54. The second-order valence-electron chi connectivity index (χ2n) is 6.75. The maximum atomic E-state index is 13.5. The highest BCUT2D eigenvalue weighted by Crippen LogP contribution is 2.39. The average molecular weight is 439 g/mol. The number of aromatic hydroxyl groups is 1. The number of rotatable bonds is 6. The maximum Gasteiger partial charge on any atom is 0.355 e. The lowest BCUT2D eigenvalue weighted by Gasteiger charge is -2.28. The van der Waals surface area contributed by atoms with Crippen LogP contribution in [0.25, 0.3) is 0 Å². The number of ketones is 1. The van der Waals surface area contributed by atoms with Gasteiger partial charge < -0.3 is 19.9 Å². The Balaban J connectivity index is 1.94. The molecule has 2 N–H and O–H groups in total. The number of carbonyl (C=O) groups is 2. The molecule has 1 aliphatic heterocycles. The molecule has 1 aromatic heterocycles. The van der Waals surface area contributed by atoms with Crippen LogP contribution in [0.1, 0.15) is 28.9 Å². The molecule has 0 unspecified atom stereocenters. The van der Waals surface area contributed by atoms with Gasteiger partial charge in [-0.1, -0.05) is 11.2 Å². The van der Waals surface area contributed by atoms with Crippen LogP contribution in [0.5, 0.6) is 11.5 Å². The third-order valence-electron chi connectivity index (χ3n) is 4.86. The first-order valence-electron chi connectivity index (χ1n) is 9.58. The molecule has 4 rings (SSSR count). The molecule has 1 atom stereocenters. The van der Waals surface area contributed by atoms with E-state index < -0.39 is 23.6 Å². The van der Waals surface area contributed by atoms with Crippen LogP contribution in [0.3, 0.4) is 0 Å². The summed E-state index contributed by atoms with van der Waals surface area (Å²) < 4.78 is 25.1. The predicted molar refractivity (Wildman–Crippen MR) is 109 cm³/mol. The number of nitrogens with one attached hydrogen (secondary N) is 1. The van der Waals surface area contributed by atoms with Crippen LogP contribution in [0.4, 0.5) is 10.3 Å². The van der Waals surface area contributed by atoms with E-state index in [1.165, 1.54) is 36.1 Å². The second kappa shape index (κ2) is 8.46. The van der Waals surface area contributed by atoms with Crippen molar-refractivity contribution >= 4 is 17.7 Å². The molecule has 2 heterocycles. The first kappa shape index (κ1) is 21.0. The van der Waals surface area contributed by atoms with Crippen molar-refractivity contribution in [1.29, 1.82) is 0 Å². The quantitative estimate of drug-likeness (QED) is 0.439. The summed E-state index contributed by atoms with van der Waals surface area (Å²) in [5, 5.41) is 24.3. The number of fused-ring (bicyclic) bond motifs is 1. The van der Waals surface area contributed by atoms with Gasteiger partial charge in [-0.2, -0.15) is 4.68 Å². The summed E-state index contributed by atoms with van der Waals surface area (Å²) in [5.41, 5.74) is 0.444. The first-order chi connectivity index (χ1) is 15.4. The number of aromatic nitrogens is 4. The van der Waals surface area contributed by atoms with Gasteiger partial charge in [0.05, 0.1) is 19.3 Å². The molecule has 0 radical (unpaired) electrons. The van der Waals surface area contributed by atoms with Crippen molar-refractivity contribution in [2.24, 2.45) is 0 Å². The third kappa shape index (κ3) is 3.64. The van der Waals surface area contributed by atoms with Gasteiger partial charge in [-0.25, -0.2) is 9.18 Å². The summed E-state index contributed by atoms with van der Waals surface area (Å²) in [7, 11) is 1.18. The van der Waals surface area contributed by atoms with Gasteiger partial charge in [0, 0.05) is 5.56 Å². The number of phenolic OH excluding ortho intramolecular Hbond substituents is 1. The summed E-state index contributed by atoms with van der Waals surface area (Å²) >= 11 is 0. The smallest absolute Gasteiger partial charge is 0.355 e. The number of esters is 1. The highest BCUT2D eigenvalue weighted by molar-refractivity contribution is 6.14. The summed E-state index contributed by atoms with van der Waals surface area (Å²) in [4.78, 5) is 26.1. The van der Waals surface area contributed by atoms with Crippen LogP contribution in [-0.4, -0.2) is 50.8 Å². The number of hydrogen-bond donors (Lipinski definition) is 2. The van der Waals surface area contributed by atoms with E-state index >= 15 is 0 Å². The molecule has 0 saturated carbocycles. The Morgan fingerprint density at radius 2 is 1.97 bits per heavy atom. The Bertz CT molecular complexity index is 1220.